The Hall–Kier alpha value is -4.11. The summed E-state index contributed by atoms with van der Waals surface area (Å²) < 4.78 is 24.8. The van der Waals surface area contributed by atoms with Crippen molar-refractivity contribution >= 4 is 5.97 Å². The second kappa shape index (κ2) is 7.72. The quantitative estimate of drug-likeness (QED) is 0.514. The van der Waals surface area contributed by atoms with Crippen molar-refractivity contribution in [2.24, 2.45) is 5.73 Å². The maximum absolute atomic E-state index is 13.8. The SMILES string of the molecule is Cc1ccc(C2C(C#N)=C(N)Oc3cc(OC(=O)c4ccccc4F)ccc32)cc1. The molecule has 30 heavy (non-hydrogen) atoms. The first-order valence-corrected chi connectivity index (χ1v) is 9.22. The van der Waals surface area contributed by atoms with Gasteiger partial charge in [-0.25, -0.2) is 9.18 Å². The highest BCUT2D eigenvalue weighted by atomic mass is 19.1. The highest BCUT2D eigenvalue weighted by molar-refractivity contribution is 5.91. The molecule has 3 aromatic rings. The minimum absolute atomic E-state index is 0.00634. The number of benzene rings is 3. The number of aryl methyl sites for hydroxylation is 1. The van der Waals surface area contributed by atoms with Crippen LogP contribution >= 0.6 is 0 Å². The molecule has 0 bridgehead atoms. The summed E-state index contributed by atoms with van der Waals surface area (Å²) in [4.78, 5) is 12.3. The van der Waals surface area contributed by atoms with Crippen molar-refractivity contribution in [3.8, 4) is 17.6 Å². The molecule has 1 unspecified atom stereocenters. The first-order chi connectivity index (χ1) is 14.5. The molecule has 0 saturated heterocycles. The number of rotatable bonds is 3. The van der Waals surface area contributed by atoms with E-state index in [1.807, 2.05) is 31.2 Å². The molecular weight excluding hydrogens is 383 g/mol. The van der Waals surface area contributed by atoms with Gasteiger partial charge in [0, 0.05) is 11.6 Å². The number of carbonyl (C=O) groups is 1. The summed E-state index contributed by atoms with van der Waals surface area (Å²) >= 11 is 0. The highest BCUT2D eigenvalue weighted by Gasteiger charge is 2.31. The second-order valence-electron chi connectivity index (χ2n) is 6.90. The number of ether oxygens (including phenoxy) is 2. The topological polar surface area (TPSA) is 85.3 Å². The minimum Gasteiger partial charge on any atom is -0.440 e. The summed E-state index contributed by atoms with van der Waals surface area (Å²) in [6.45, 7) is 1.98. The zero-order valence-electron chi connectivity index (χ0n) is 16.1. The number of esters is 1. The summed E-state index contributed by atoms with van der Waals surface area (Å²) in [5.41, 5.74) is 8.84. The van der Waals surface area contributed by atoms with Crippen LogP contribution in [0.5, 0.6) is 11.5 Å². The highest BCUT2D eigenvalue weighted by Crippen LogP contribution is 2.43. The third-order valence-corrected chi connectivity index (χ3v) is 4.91. The van der Waals surface area contributed by atoms with E-state index < -0.39 is 17.7 Å². The number of allylic oxidation sites excluding steroid dienone is 1. The molecule has 1 aliphatic rings. The summed E-state index contributed by atoms with van der Waals surface area (Å²) in [5.74, 6) is -1.35. The zero-order valence-corrected chi connectivity index (χ0v) is 16.1. The van der Waals surface area contributed by atoms with Crippen LogP contribution in [-0.2, 0) is 0 Å². The van der Waals surface area contributed by atoms with Gasteiger partial charge in [-0.15, -0.1) is 0 Å². The van der Waals surface area contributed by atoms with E-state index in [2.05, 4.69) is 6.07 Å². The van der Waals surface area contributed by atoms with E-state index in [9.17, 15) is 14.4 Å². The number of nitriles is 1. The molecule has 2 N–H and O–H groups in total. The van der Waals surface area contributed by atoms with Crippen LogP contribution in [0, 0.1) is 24.1 Å². The van der Waals surface area contributed by atoms with Crippen molar-refractivity contribution in [2.75, 3.05) is 0 Å². The molecule has 0 radical (unpaired) electrons. The number of fused-ring (bicyclic) bond motifs is 1. The van der Waals surface area contributed by atoms with E-state index >= 15 is 0 Å². The normalized spacial score (nSPS) is 15.0. The summed E-state index contributed by atoms with van der Waals surface area (Å²) in [6, 6.07) is 20.3. The van der Waals surface area contributed by atoms with E-state index in [4.69, 9.17) is 15.2 Å². The van der Waals surface area contributed by atoms with Crippen LogP contribution in [0.25, 0.3) is 0 Å². The Morgan fingerprint density at radius 2 is 1.87 bits per heavy atom. The van der Waals surface area contributed by atoms with Crippen molar-refractivity contribution in [2.45, 2.75) is 12.8 Å². The number of hydrogen-bond acceptors (Lipinski definition) is 5. The largest absolute Gasteiger partial charge is 0.440 e. The van der Waals surface area contributed by atoms with Gasteiger partial charge >= 0.3 is 5.97 Å². The first-order valence-electron chi connectivity index (χ1n) is 9.22. The third-order valence-electron chi connectivity index (χ3n) is 4.91. The molecule has 148 valence electrons. The lowest BCUT2D eigenvalue weighted by Crippen LogP contribution is -2.21. The van der Waals surface area contributed by atoms with Gasteiger partial charge in [0.25, 0.3) is 0 Å². The number of carbonyl (C=O) groups excluding carboxylic acids is 1. The lowest BCUT2D eigenvalue weighted by Gasteiger charge is -2.26. The number of hydrogen-bond donors (Lipinski definition) is 1. The van der Waals surface area contributed by atoms with Crippen molar-refractivity contribution in [1.82, 2.24) is 0 Å². The Morgan fingerprint density at radius 1 is 1.13 bits per heavy atom. The van der Waals surface area contributed by atoms with Crippen LogP contribution in [0.1, 0.15) is 33.0 Å². The van der Waals surface area contributed by atoms with Crippen LogP contribution in [-0.4, -0.2) is 5.97 Å². The fourth-order valence-corrected chi connectivity index (χ4v) is 3.39. The van der Waals surface area contributed by atoms with Gasteiger partial charge in [0.05, 0.1) is 11.5 Å². The van der Waals surface area contributed by atoms with E-state index in [-0.39, 0.29) is 17.2 Å². The van der Waals surface area contributed by atoms with Gasteiger partial charge in [0.15, 0.2) is 0 Å². The molecule has 1 heterocycles. The fourth-order valence-electron chi connectivity index (χ4n) is 3.39. The van der Waals surface area contributed by atoms with E-state index in [0.717, 1.165) is 16.7 Å². The molecule has 0 spiro atoms. The second-order valence-corrected chi connectivity index (χ2v) is 6.90. The summed E-state index contributed by atoms with van der Waals surface area (Å²) in [6.07, 6.45) is 0. The standard InChI is InChI=1S/C24H17FN2O3/c1-14-6-8-15(9-7-14)22-18-11-10-16(12-21(18)30-23(27)19(22)13-26)29-24(28)17-4-2-3-5-20(17)25/h2-12,22H,27H2,1H3. The summed E-state index contributed by atoms with van der Waals surface area (Å²) in [5, 5.41) is 9.63. The number of nitrogens with zero attached hydrogens (tertiary/aromatic N) is 1. The van der Waals surface area contributed by atoms with Gasteiger partial charge in [-0.05, 0) is 30.7 Å². The van der Waals surface area contributed by atoms with E-state index in [0.29, 0.717) is 11.3 Å². The predicted molar refractivity (Wildman–Crippen MR) is 108 cm³/mol. The van der Waals surface area contributed by atoms with E-state index in [1.165, 1.54) is 24.3 Å². The van der Waals surface area contributed by atoms with Gasteiger partial charge in [-0.3, -0.25) is 0 Å². The molecule has 4 rings (SSSR count). The van der Waals surface area contributed by atoms with Gasteiger partial charge < -0.3 is 15.2 Å². The lowest BCUT2D eigenvalue weighted by molar-refractivity contribution is 0.0729. The lowest BCUT2D eigenvalue weighted by atomic mass is 9.83. The third kappa shape index (κ3) is 3.49. The van der Waals surface area contributed by atoms with Crippen LogP contribution in [0.3, 0.4) is 0 Å². The Kier molecular flexibility index (Phi) is 4.95. The zero-order chi connectivity index (χ0) is 21.3. The molecule has 0 saturated carbocycles. The van der Waals surface area contributed by atoms with Gasteiger partial charge in [-0.2, -0.15) is 5.26 Å². The van der Waals surface area contributed by atoms with Crippen molar-refractivity contribution in [3.05, 3.63) is 106 Å². The molecule has 0 aliphatic carbocycles. The van der Waals surface area contributed by atoms with Crippen LogP contribution < -0.4 is 15.2 Å². The first kappa shape index (κ1) is 19.2. The molecule has 5 nitrogen and oxygen atoms in total. The predicted octanol–water partition coefficient (Wildman–Crippen LogP) is 4.57. The maximum Gasteiger partial charge on any atom is 0.346 e. The smallest absolute Gasteiger partial charge is 0.346 e. The molecule has 0 aromatic heterocycles. The van der Waals surface area contributed by atoms with Crippen molar-refractivity contribution < 1.29 is 18.7 Å². The molecule has 0 fully saturated rings. The number of nitrogens with two attached hydrogens (primary N) is 1. The Morgan fingerprint density at radius 3 is 2.57 bits per heavy atom. The minimum atomic E-state index is -0.819. The molecular formula is C24H17FN2O3. The maximum atomic E-state index is 13.8. The van der Waals surface area contributed by atoms with Gasteiger partial charge in [-0.1, -0.05) is 48.0 Å². The molecule has 6 heteroatoms. The summed E-state index contributed by atoms with van der Waals surface area (Å²) in [7, 11) is 0. The molecule has 1 atom stereocenters. The van der Waals surface area contributed by atoms with Gasteiger partial charge in [0.1, 0.15) is 29.0 Å². The molecule has 3 aromatic carbocycles. The molecule has 0 amide bonds. The van der Waals surface area contributed by atoms with Gasteiger partial charge in [0.2, 0.25) is 5.88 Å². The Bertz CT molecular complexity index is 1210. The number of halogens is 1. The monoisotopic (exact) mass is 400 g/mol. The average Bonchev–Trinajstić information content (AvgIpc) is 2.73. The van der Waals surface area contributed by atoms with E-state index in [1.54, 1.807) is 18.2 Å². The Labute approximate surface area is 172 Å². The Balaban J connectivity index is 1.70. The van der Waals surface area contributed by atoms with Crippen LogP contribution in [0.4, 0.5) is 4.39 Å². The van der Waals surface area contributed by atoms with Crippen molar-refractivity contribution in [1.29, 1.82) is 5.26 Å². The molecule has 1 aliphatic heterocycles. The average molecular weight is 400 g/mol. The fraction of sp³-hybridized carbons (Fsp3) is 0.0833. The van der Waals surface area contributed by atoms with Crippen LogP contribution in [0.15, 0.2) is 78.2 Å². The van der Waals surface area contributed by atoms with Crippen molar-refractivity contribution in [3.63, 3.8) is 0 Å². The van der Waals surface area contributed by atoms with Crippen LogP contribution in [0.2, 0.25) is 0 Å².